The number of hydrogen-bond donors (Lipinski definition) is 0. The number of alkyl halides is 1. The predicted molar refractivity (Wildman–Crippen MR) is 136 cm³/mol. The first kappa shape index (κ1) is 26.3. The van der Waals surface area contributed by atoms with E-state index >= 15 is 0 Å². The molecule has 3 aromatic rings. The average molecular weight is 539 g/mol. The highest BCUT2D eigenvalue weighted by Gasteiger charge is 2.34. The lowest BCUT2D eigenvalue weighted by atomic mass is 10.1. The van der Waals surface area contributed by atoms with Gasteiger partial charge in [0.2, 0.25) is 0 Å². The van der Waals surface area contributed by atoms with Gasteiger partial charge in [-0.15, -0.1) is 0 Å². The highest BCUT2D eigenvalue weighted by molar-refractivity contribution is 9.09. The predicted octanol–water partition coefficient (Wildman–Crippen LogP) is 5.23. The molecule has 0 aliphatic heterocycles. The summed E-state index contributed by atoms with van der Waals surface area (Å²) in [5.41, 5.74) is 3.61. The molecule has 0 N–H and O–H groups in total. The van der Waals surface area contributed by atoms with Crippen LogP contribution in [0.3, 0.4) is 0 Å². The molecule has 0 aliphatic rings. The monoisotopic (exact) mass is 538 g/mol. The van der Waals surface area contributed by atoms with Gasteiger partial charge in [-0.1, -0.05) is 81.7 Å². The SMILES string of the molecule is Cc1ccc(C(=O)OC[C@H](Br)C(OC(=O)c2ccc(C)cc2)C(C=O)OCc2ccccc2)cc1. The smallest absolute Gasteiger partial charge is 0.338 e. The molecule has 0 radical (unpaired) electrons. The van der Waals surface area contributed by atoms with Crippen LogP contribution in [0, 0.1) is 13.8 Å². The van der Waals surface area contributed by atoms with E-state index in [1.165, 1.54) is 0 Å². The summed E-state index contributed by atoms with van der Waals surface area (Å²) >= 11 is 3.44. The van der Waals surface area contributed by atoms with Gasteiger partial charge >= 0.3 is 11.9 Å². The van der Waals surface area contributed by atoms with E-state index in [0.717, 1.165) is 16.7 Å². The molecule has 0 saturated heterocycles. The van der Waals surface area contributed by atoms with Crippen LogP contribution in [0.1, 0.15) is 37.4 Å². The third-order valence-corrected chi connectivity index (χ3v) is 6.08. The van der Waals surface area contributed by atoms with E-state index in [1.807, 2.05) is 56.3 Å². The maximum atomic E-state index is 12.8. The standard InChI is InChI=1S/C28H27BrO6/c1-19-8-12-22(13-9-19)27(31)34-18-24(29)26(35-28(32)23-14-10-20(2)11-15-23)25(16-30)33-17-21-6-4-3-5-7-21/h3-16,24-26H,17-18H2,1-2H3/t24-,25?,26?/m0/s1. The summed E-state index contributed by atoms with van der Waals surface area (Å²) in [6, 6.07) is 23.2. The third-order valence-electron chi connectivity index (χ3n) is 5.29. The fourth-order valence-electron chi connectivity index (χ4n) is 3.23. The lowest BCUT2D eigenvalue weighted by molar-refractivity contribution is -0.127. The molecular weight excluding hydrogens is 512 g/mol. The van der Waals surface area contributed by atoms with Gasteiger partial charge in [0, 0.05) is 0 Å². The minimum Gasteiger partial charge on any atom is -0.461 e. The molecule has 182 valence electrons. The Hall–Kier alpha value is -3.29. The van der Waals surface area contributed by atoms with E-state index in [0.29, 0.717) is 17.4 Å². The molecular formula is C28H27BrO6. The van der Waals surface area contributed by atoms with Gasteiger partial charge in [0.05, 0.1) is 22.6 Å². The van der Waals surface area contributed by atoms with Crippen molar-refractivity contribution in [3.63, 3.8) is 0 Å². The molecule has 7 heteroatoms. The Bertz CT molecular complexity index is 1110. The lowest BCUT2D eigenvalue weighted by Gasteiger charge is -2.27. The maximum absolute atomic E-state index is 12.8. The van der Waals surface area contributed by atoms with Gasteiger partial charge in [-0.25, -0.2) is 9.59 Å². The Balaban J connectivity index is 1.73. The van der Waals surface area contributed by atoms with Crippen LogP contribution in [0.2, 0.25) is 0 Å². The van der Waals surface area contributed by atoms with Crippen LogP contribution in [0.25, 0.3) is 0 Å². The van der Waals surface area contributed by atoms with E-state index in [9.17, 15) is 14.4 Å². The first-order chi connectivity index (χ1) is 16.9. The summed E-state index contributed by atoms with van der Waals surface area (Å²) in [5.74, 6) is -1.13. The zero-order chi connectivity index (χ0) is 25.2. The van der Waals surface area contributed by atoms with Gasteiger partial charge in [0.1, 0.15) is 6.61 Å². The Morgan fingerprint density at radius 1 is 0.829 bits per heavy atom. The van der Waals surface area contributed by atoms with Crippen LogP contribution in [0.15, 0.2) is 78.9 Å². The van der Waals surface area contributed by atoms with Gasteiger partial charge in [-0.2, -0.15) is 0 Å². The number of carbonyl (C=O) groups excluding carboxylic acids is 3. The third kappa shape index (κ3) is 7.87. The van der Waals surface area contributed by atoms with E-state index in [2.05, 4.69) is 15.9 Å². The molecule has 0 spiro atoms. The number of carbonyl (C=O) groups is 3. The van der Waals surface area contributed by atoms with Crippen molar-refractivity contribution in [2.75, 3.05) is 6.61 Å². The number of aldehydes is 1. The van der Waals surface area contributed by atoms with E-state index in [4.69, 9.17) is 14.2 Å². The maximum Gasteiger partial charge on any atom is 0.338 e. The van der Waals surface area contributed by atoms with Crippen molar-refractivity contribution in [3.8, 4) is 0 Å². The van der Waals surface area contributed by atoms with Crippen molar-refractivity contribution in [1.29, 1.82) is 0 Å². The minimum absolute atomic E-state index is 0.141. The van der Waals surface area contributed by atoms with E-state index < -0.39 is 29.0 Å². The summed E-state index contributed by atoms with van der Waals surface area (Å²) in [6.45, 7) is 3.84. The molecule has 2 unspecified atom stereocenters. The Kier molecular flexibility index (Phi) is 9.76. The first-order valence-electron chi connectivity index (χ1n) is 11.1. The Morgan fingerprint density at radius 3 is 1.91 bits per heavy atom. The van der Waals surface area contributed by atoms with Crippen LogP contribution in [0.5, 0.6) is 0 Å². The summed E-state index contributed by atoms with van der Waals surface area (Å²) < 4.78 is 16.9. The zero-order valence-corrected chi connectivity index (χ0v) is 21.1. The fourth-order valence-corrected chi connectivity index (χ4v) is 3.77. The molecule has 0 aliphatic carbocycles. The van der Waals surface area contributed by atoms with Gasteiger partial charge in [-0.3, -0.25) is 0 Å². The summed E-state index contributed by atoms with van der Waals surface area (Å²) in [7, 11) is 0. The number of esters is 2. The number of halogens is 1. The molecule has 0 bridgehead atoms. The van der Waals surface area contributed by atoms with Gasteiger partial charge in [-0.05, 0) is 43.7 Å². The second kappa shape index (κ2) is 13.0. The highest BCUT2D eigenvalue weighted by Crippen LogP contribution is 2.20. The van der Waals surface area contributed by atoms with Crippen LogP contribution in [-0.4, -0.2) is 41.9 Å². The normalized spacial score (nSPS) is 13.3. The number of ether oxygens (including phenoxy) is 3. The highest BCUT2D eigenvalue weighted by atomic mass is 79.9. The number of hydrogen-bond acceptors (Lipinski definition) is 6. The quantitative estimate of drug-likeness (QED) is 0.189. The Labute approximate surface area is 213 Å². The topological polar surface area (TPSA) is 78.9 Å². The van der Waals surface area contributed by atoms with Crippen molar-refractivity contribution >= 4 is 34.2 Å². The fraction of sp³-hybridized carbons (Fsp3) is 0.250. The second-order valence-corrected chi connectivity index (χ2v) is 9.29. The lowest BCUT2D eigenvalue weighted by Crippen LogP contribution is -2.43. The van der Waals surface area contributed by atoms with Crippen molar-refractivity contribution in [3.05, 3.63) is 107 Å². The number of benzene rings is 3. The van der Waals surface area contributed by atoms with Crippen LogP contribution >= 0.6 is 15.9 Å². The molecule has 0 amide bonds. The van der Waals surface area contributed by atoms with Crippen molar-refractivity contribution in [1.82, 2.24) is 0 Å². The van der Waals surface area contributed by atoms with Crippen molar-refractivity contribution in [2.24, 2.45) is 0 Å². The van der Waals surface area contributed by atoms with Gasteiger partial charge in [0.15, 0.2) is 18.5 Å². The molecule has 6 nitrogen and oxygen atoms in total. The van der Waals surface area contributed by atoms with Crippen molar-refractivity contribution < 1.29 is 28.6 Å². The van der Waals surface area contributed by atoms with Crippen LogP contribution in [-0.2, 0) is 25.6 Å². The molecule has 0 fully saturated rings. The molecule has 35 heavy (non-hydrogen) atoms. The summed E-state index contributed by atoms with van der Waals surface area (Å²) in [5, 5.41) is 0. The molecule has 0 aromatic heterocycles. The van der Waals surface area contributed by atoms with Crippen LogP contribution in [0.4, 0.5) is 0 Å². The molecule has 3 rings (SSSR count). The Morgan fingerprint density at radius 2 is 1.37 bits per heavy atom. The zero-order valence-electron chi connectivity index (χ0n) is 19.6. The second-order valence-electron chi connectivity index (χ2n) is 8.11. The largest absolute Gasteiger partial charge is 0.461 e. The van der Waals surface area contributed by atoms with Gasteiger partial charge in [0.25, 0.3) is 0 Å². The first-order valence-corrected chi connectivity index (χ1v) is 12.1. The molecule has 0 saturated carbocycles. The molecule has 3 atom stereocenters. The molecule has 3 aromatic carbocycles. The summed E-state index contributed by atoms with van der Waals surface area (Å²) in [4.78, 5) is 36.6. The number of aryl methyl sites for hydroxylation is 2. The number of rotatable bonds is 11. The van der Waals surface area contributed by atoms with Crippen molar-refractivity contribution in [2.45, 2.75) is 37.5 Å². The van der Waals surface area contributed by atoms with E-state index in [1.54, 1.807) is 36.4 Å². The van der Waals surface area contributed by atoms with Gasteiger partial charge < -0.3 is 19.0 Å². The van der Waals surface area contributed by atoms with Crippen LogP contribution < -0.4 is 0 Å². The average Bonchev–Trinajstić information content (AvgIpc) is 2.88. The molecule has 0 heterocycles. The summed E-state index contributed by atoms with van der Waals surface area (Å²) in [6.07, 6.45) is -1.55. The van der Waals surface area contributed by atoms with E-state index in [-0.39, 0.29) is 13.2 Å². The minimum atomic E-state index is -1.09.